The molecule has 1 nitrogen and oxygen atoms in total. The smallest absolute Gasteiger partial charge is 0.306 e. The molecule has 0 radical (unpaired) electrons. The third-order valence-corrected chi connectivity index (χ3v) is 1.62. The standard InChI is InChI=1S/C7H14F3N/c1-5(2)6(3)11-4-7(8,9)10/h5-6,11H,4H2,1-3H3/t6-/m1/s1. The van der Waals surface area contributed by atoms with Crippen LogP contribution in [0.2, 0.25) is 0 Å². The van der Waals surface area contributed by atoms with Crippen molar-refractivity contribution in [2.24, 2.45) is 5.92 Å². The second-order valence-corrected chi connectivity index (χ2v) is 3.03. The van der Waals surface area contributed by atoms with Crippen LogP contribution in [0.1, 0.15) is 20.8 Å². The summed E-state index contributed by atoms with van der Waals surface area (Å²) < 4.78 is 34.9. The van der Waals surface area contributed by atoms with Crippen molar-refractivity contribution in [3.8, 4) is 0 Å². The molecule has 0 amide bonds. The predicted molar refractivity (Wildman–Crippen MR) is 38.4 cm³/mol. The summed E-state index contributed by atoms with van der Waals surface area (Å²) in [6.45, 7) is 4.62. The molecule has 0 aromatic rings. The van der Waals surface area contributed by atoms with E-state index in [1.54, 1.807) is 6.92 Å². The second kappa shape index (κ2) is 3.95. The van der Waals surface area contributed by atoms with Crippen LogP contribution in [0.25, 0.3) is 0 Å². The van der Waals surface area contributed by atoms with E-state index in [2.05, 4.69) is 5.32 Å². The molecule has 4 heteroatoms. The summed E-state index contributed by atoms with van der Waals surface area (Å²) >= 11 is 0. The lowest BCUT2D eigenvalue weighted by Gasteiger charge is -2.18. The Labute approximate surface area is 65.0 Å². The summed E-state index contributed by atoms with van der Waals surface area (Å²) in [5.41, 5.74) is 0. The van der Waals surface area contributed by atoms with E-state index < -0.39 is 12.7 Å². The van der Waals surface area contributed by atoms with E-state index in [0.29, 0.717) is 0 Å². The Kier molecular flexibility index (Phi) is 3.86. The fraction of sp³-hybridized carbons (Fsp3) is 1.00. The average Bonchev–Trinajstić information content (AvgIpc) is 1.80. The lowest BCUT2D eigenvalue weighted by Crippen LogP contribution is -2.38. The Morgan fingerprint density at radius 3 is 1.91 bits per heavy atom. The van der Waals surface area contributed by atoms with Crippen LogP contribution in [0.4, 0.5) is 13.2 Å². The number of hydrogen-bond donors (Lipinski definition) is 1. The molecule has 0 aliphatic carbocycles. The molecule has 0 unspecified atom stereocenters. The summed E-state index contributed by atoms with van der Waals surface area (Å²) in [7, 11) is 0. The van der Waals surface area contributed by atoms with Gasteiger partial charge in [0, 0.05) is 6.04 Å². The van der Waals surface area contributed by atoms with Gasteiger partial charge in [-0.3, -0.25) is 0 Å². The SMILES string of the molecule is CC(C)[C@@H](C)NCC(F)(F)F. The molecule has 0 bridgehead atoms. The topological polar surface area (TPSA) is 12.0 Å². The van der Waals surface area contributed by atoms with Crippen molar-refractivity contribution in [1.29, 1.82) is 0 Å². The summed E-state index contributed by atoms with van der Waals surface area (Å²) in [5.74, 6) is 0.234. The molecule has 0 fully saturated rings. The first-order chi connectivity index (χ1) is 4.83. The third-order valence-electron chi connectivity index (χ3n) is 1.62. The number of nitrogens with one attached hydrogen (secondary N) is 1. The van der Waals surface area contributed by atoms with Gasteiger partial charge in [-0.2, -0.15) is 13.2 Å². The molecule has 0 aromatic heterocycles. The molecule has 0 heterocycles. The normalized spacial score (nSPS) is 15.5. The van der Waals surface area contributed by atoms with Crippen LogP contribution in [0.5, 0.6) is 0 Å². The Hall–Kier alpha value is -0.250. The monoisotopic (exact) mass is 169 g/mol. The zero-order valence-electron chi connectivity index (χ0n) is 7.00. The van der Waals surface area contributed by atoms with Crippen molar-refractivity contribution in [3.05, 3.63) is 0 Å². The van der Waals surface area contributed by atoms with Gasteiger partial charge in [0.1, 0.15) is 0 Å². The van der Waals surface area contributed by atoms with Crippen LogP contribution in [-0.4, -0.2) is 18.8 Å². The van der Waals surface area contributed by atoms with Gasteiger partial charge in [-0.15, -0.1) is 0 Å². The van der Waals surface area contributed by atoms with E-state index in [0.717, 1.165) is 0 Å². The Bertz CT molecular complexity index is 109. The lowest BCUT2D eigenvalue weighted by molar-refractivity contribution is -0.126. The van der Waals surface area contributed by atoms with Gasteiger partial charge < -0.3 is 5.32 Å². The van der Waals surface area contributed by atoms with Gasteiger partial charge in [0.25, 0.3) is 0 Å². The Balaban J connectivity index is 3.54. The maximum Gasteiger partial charge on any atom is 0.401 e. The second-order valence-electron chi connectivity index (χ2n) is 3.03. The van der Waals surface area contributed by atoms with E-state index in [1.807, 2.05) is 13.8 Å². The van der Waals surface area contributed by atoms with Crippen LogP contribution >= 0.6 is 0 Å². The first-order valence-electron chi connectivity index (χ1n) is 3.63. The summed E-state index contributed by atoms with van der Waals surface area (Å²) in [6.07, 6.45) is -4.09. The third kappa shape index (κ3) is 6.16. The van der Waals surface area contributed by atoms with Crippen LogP contribution in [0.3, 0.4) is 0 Å². The van der Waals surface area contributed by atoms with Crippen LogP contribution in [0.15, 0.2) is 0 Å². The van der Waals surface area contributed by atoms with Gasteiger partial charge >= 0.3 is 6.18 Å². The first-order valence-corrected chi connectivity index (χ1v) is 3.63. The largest absolute Gasteiger partial charge is 0.401 e. The molecule has 0 saturated heterocycles. The first kappa shape index (κ1) is 10.8. The summed E-state index contributed by atoms with van der Waals surface area (Å²) in [6, 6.07) is -0.0865. The fourth-order valence-corrected chi connectivity index (χ4v) is 0.512. The highest BCUT2D eigenvalue weighted by molar-refractivity contribution is 4.66. The van der Waals surface area contributed by atoms with E-state index in [1.165, 1.54) is 0 Å². The molecule has 0 saturated carbocycles. The molecule has 68 valence electrons. The minimum Gasteiger partial charge on any atom is -0.306 e. The van der Waals surface area contributed by atoms with Gasteiger partial charge in [0.15, 0.2) is 0 Å². The van der Waals surface area contributed by atoms with Gasteiger partial charge in [-0.05, 0) is 12.8 Å². The van der Waals surface area contributed by atoms with Gasteiger partial charge in [0.2, 0.25) is 0 Å². The van der Waals surface area contributed by atoms with Crippen molar-refractivity contribution < 1.29 is 13.2 Å². The van der Waals surface area contributed by atoms with Crippen LogP contribution in [0, 0.1) is 5.92 Å². The zero-order valence-corrected chi connectivity index (χ0v) is 7.00. The fourth-order valence-electron chi connectivity index (χ4n) is 0.512. The van der Waals surface area contributed by atoms with Crippen molar-refractivity contribution in [2.75, 3.05) is 6.54 Å². The maximum atomic E-state index is 11.6. The molecule has 11 heavy (non-hydrogen) atoms. The number of alkyl halides is 3. The molecular weight excluding hydrogens is 155 g/mol. The van der Waals surface area contributed by atoms with E-state index >= 15 is 0 Å². The van der Waals surface area contributed by atoms with Crippen LogP contribution in [-0.2, 0) is 0 Å². The van der Waals surface area contributed by atoms with E-state index in [4.69, 9.17) is 0 Å². The molecule has 1 N–H and O–H groups in total. The van der Waals surface area contributed by atoms with Crippen molar-refractivity contribution >= 4 is 0 Å². The highest BCUT2D eigenvalue weighted by Crippen LogP contribution is 2.13. The predicted octanol–water partition coefficient (Wildman–Crippen LogP) is 2.18. The van der Waals surface area contributed by atoms with E-state index in [-0.39, 0.29) is 12.0 Å². The van der Waals surface area contributed by atoms with Crippen molar-refractivity contribution in [1.82, 2.24) is 5.32 Å². The Morgan fingerprint density at radius 2 is 1.64 bits per heavy atom. The molecule has 0 spiro atoms. The highest BCUT2D eigenvalue weighted by atomic mass is 19.4. The minimum atomic E-state index is -4.09. The lowest BCUT2D eigenvalue weighted by atomic mass is 10.1. The molecule has 1 atom stereocenters. The van der Waals surface area contributed by atoms with Crippen molar-refractivity contribution in [2.45, 2.75) is 33.0 Å². The summed E-state index contributed by atoms with van der Waals surface area (Å²) in [4.78, 5) is 0. The van der Waals surface area contributed by atoms with Gasteiger partial charge in [-0.25, -0.2) is 0 Å². The molecule has 0 rings (SSSR count). The zero-order chi connectivity index (χ0) is 9.07. The molecule has 0 aliphatic rings. The quantitative estimate of drug-likeness (QED) is 0.682. The average molecular weight is 169 g/mol. The van der Waals surface area contributed by atoms with Crippen LogP contribution < -0.4 is 5.32 Å². The number of rotatable bonds is 3. The molecule has 0 aliphatic heterocycles. The molecule has 0 aromatic carbocycles. The van der Waals surface area contributed by atoms with E-state index in [9.17, 15) is 13.2 Å². The summed E-state index contributed by atoms with van der Waals surface area (Å²) in [5, 5.41) is 2.40. The molecular formula is C7H14F3N. The maximum absolute atomic E-state index is 11.6. The van der Waals surface area contributed by atoms with Gasteiger partial charge in [0.05, 0.1) is 6.54 Å². The number of halogens is 3. The van der Waals surface area contributed by atoms with Gasteiger partial charge in [-0.1, -0.05) is 13.8 Å². The number of hydrogen-bond acceptors (Lipinski definition) is 1. The minimum absolute atomic E-state index is 0.0865. The van der Waals surface area contributed by atoms with Crippen molar-refractivity contribution in [3.63, 3.8) is 0 Å². The Morgan fingerprint density at radius 1 is 1.18 bits per heavy atom. The highest BCUT2D eigenvalue weighted by Gasteiger charge is 2.27.